The fourth-order valence-corrected chi connectivity index (χ4v) is 5.06. The Hall–Kier alpha value is -2.70. The van der Waals surface area contributed by atoms with Crippen LogP contribution in [-0.2, 0) is 12.8 Å². The van der Waals surface area contributed by atoms with Crippen molar-refractivity contribution >= 4 is 50.0 Å². The van der Waals surface area contributed by atoms with Gasteiger partial charge >= 0.3 is 11.6 Å². The molecule has 2 aromatic carbocycles. The maximum absolute atomic E-state index is 13.4. The van der Waals surface area contributed by atoms with E-state index in [1.165, 1.54) is 24.3 Å². The largest absolute Gasteiger partial charge is 0.422 e. The van der Waals surface area contributed by atoms with E-state index in [4.69, 9.17) is 20.8 Å². The van der Waals surface area contributed by atoms with Gasteiger partial charge in [0, 0.05) is 27.1 Å². The molecular formula is C21H12ClFO4S. The van der Waals surface area contributed by atoms with Crippen LogP contribution in [-0.4, -0.2) is 5.97 Å². The summed E-state index contributed by atoms with van der Waals surface area (Å²) in [4.78, 5) is 24.9. The third-order valence-corrected chi connectivity index (χ3v) is 6.57. The van der Waals surface area contributed by atoms with Crippen LogP contribution in [0.1, 0.15) is 27.2 Å². The Kier molecular flexibility index (Phi) is 4.00. The molecule has 0 bridgehead atoms. The minimum Gasteiger partial charge on any atom is -0.422 e. The first-order valence-electron chi connectivity index (χ1n) is 8.69. The second kappa shape index (κ2) is 6.43. The smallest absolute Gasteiger partial charge is 0.355 e. The van der Waals surface area contributed by atoms with E-state index in [0.717, 1.165) is 47.1 Å². The molecule has 2 aromatic heterocycles. The van der Waals surface area contributed by atoms with Crippen LogP contribution < -0.4 is 10.4 Å². The molecule has 5 rings (SSSR count). The summed E-state index contributed by atoms with van der Waals surface area (Å²) in [6.07, 6.45) is 2.50. The van der Waals surface area contributed by atoms with Crippen LogP contribution in [0.3, 0.4) is 0 Å². The maximum atomic E-state index is 13.4. The Labute approximate surface area is 167 Å². The number of fused-ring (bicyclic) bond motifs is 4. The van der Waals surface area contributed by atoms with E-state index in [0.29, 0.717) is 15.7 Å². The van der Waals surface area contributed by atoms with Gasteiger partial charge in [0.25, 0.3) is 0 Å². The number of hydrogen-bond acceptors (Lipinski definition) is 5. The molecule has 0 saturated carbocycles. The van der Waals surface area contributed by atoms with Gasteiger partial charge < -0.3 is 9.15 Å². The Bertz CT molecular complexity index is 1340. The number of ether oxygens (including phenoxy) is 1. The molecule has 2 heterocycles. The normalized spacial score (nSPS) is 13.2. The van der Waals surface area contributed by atoms with Gasteiger partial charge in [-0.1, -0.05) is 11.6 Å². The van der Waals surface area contributed by atoms with Crippen molar-refractivity contribution < 1.29 is 18.3 Å². The number of carbonyl (C=O) groups excluding carboxylic acids is 1. The van der Waals surface area contributed by atoms with Crippen LogP contribution in [0, 0.1) is 5.82 Å². The Morgan fingerprint density at radius 2 is 1.89 bits per heavy atom. The monoisotopic (exact) mass is 414 g/mol. The summed E-state index contributed by atoms with van der Waals surface area (Å²) in [7, 11) is 0. The van der Waals surface area contributed by atoms with Crippen molar-refractivity contribution in [2.24, 2.45) is 0 Å². The molecule has 7 heteroatoms. The molecular weight excluding hydrogens is 403 g/mol. The van der Waals surface area contributed by atoms with Gasteiger partial charge in [-0.05, 0) is 55.2 Å². The van der Waals surface area contributed by atoms with Gasteiger partial charge in [0.2, 0.25) is 0 Å². The zero-order valence-corrected chi connectivity index (χ0v) is 16.0. The minimum atomic E-state index is -0.644. The van der Waals surface area contributed by atoms with E-state index < -0.39 is 11.8 Å². The van der Waals surface area contributed by atoms with Gasteiger partial charge in [-0.3, -0.25) is 0 Å². The number of thiophene rings is 1. The van der Waals surface area contributed by atoms with Crippen LogP contribution in [0.4, 0.5) is 4.39 Å². The number of rotatable bonds is 2. The summed E-state index contributed by atoms with van der Waals surface area (Å²) in [6.45, 7) is 0. The minimum absolute atomic E-state index is 0.192. The lowest BCUT2D eigenvalue weighted by atomic mass is 10.1. The highest BCUT2D eigenvalue weighted by molar-refractivity contribution is 7.21. The maximum Gasteiger partial charge on any atom is 0.355 e. The fraction of sp³-hybridized carbons (Fsp3) is 0.143. The van der Waals surface area contributed by atoms with Gasteiger partial charge in [0.1, 0.15) is 22.0 Å². The van der Waals surface area contributed by atoms with Gasteiger partial charge in [0.05, 0.1) is 5.02 Å². The molecule has 0 N–H and O–H groups in total. The molecule has 0 fully saturated rings. The lowest BCUT2D eigenvalue weighted by Gasteiger charge is -2.07. The number of aryl methyl sites for hydroxylation is 1. The summed E-state index contributed by atoms with van der Waals surface area (Å²) in [5, 5.41) is 1.69. The number of halogens is 2. The summed E-state index contributed by atoms with van der Waals surface area (Å²) < 4.78 is 24.8. The van der Waals surface area contributed by atoms with Gasteiger partial charge in [-0.15, -0.1) is 11.3 Å². The highest BCUT2D eigenvalue weighted by Gasteiger charge is 2.22. The lowest BCUT2D eigenvalue weighted by Crippen LogP contribution is -2.08. The third-order valence-electron chi connectivity index (χ3n) is 4.93. The van der Waals surface area contributed by atoms with Gasteiger partial charge in [-0.2, -0.15) is 0 Å². The molecule has 1 aliphatic carbocycles. The van der Waals surface area contributed by atoms with Crippen molar-refractivity contribution in [1.82, 2.24) is 0 Å². The molecule has 0 spiro atoms. The average molecular weight is 415 g/mol. The molecule has 4 aromatic rings. The lowest BCUT2D eigenvalue weighted by molar-refractivity contribution is 0.0740. The first-order chi connectivity index (χ1) is 13.5. The van der Waals surface area contributed by atoms with Crippen molar-refractivity contribution in [3.05, 3.63) is 73.7 Å². The molecule has 0 atom stereocenters. The van der Waals surface area contributed by atoms with Crippen molar-refractivity contribution in [3.63, 3.8) is 0 Å². The van der Waals surface area contributed by atoms with E-state index in [1.54, 1.807) is 12.1 Å². The number of benzene rings is 2. The van der Waals surface area contributed by atoms with Gasteiger partial charge in [-0.25, -0.2) is 14.0 Å². The third kappa shape index (κ3) is 2.72. The van der Waals surface area contributed by atoms with Crippen LogP contribution >= 0.6 is 22.9 Å². The number of esters is 1. The first kappa shape index (κ1) is 17.4. The average Bonchev–Trinajstić information content (AvgIpc) is 3.27. The van der Waals surface area contributed by atoms with E-state index in [1.807, 2.05) is 0 Å². The summed E-state index contributed by atoms with van der Waals surface area (Å²) in [5.74, 6) is -0.796. The molecule has 0 radical (unpaired) electrons. The zero-order valence-electron chi connectivity index (χ0n) is 14.4. The predicted octanol–water partition coefficient (Wildman–Crippen LogP) is 5.51. The molecule has 0 saturated heterocycles. The highest BCUT2D eigenvalue weighted by atomic mass is 35.5. The van der Waals surface area contributed by atoms with E-state index in [2.05, 4.69) is 0 Å². The number of hydrogen-bond donors (Lipinski definition) is 0. The Morgan fingerprint density at radius 3 is 2.75 bits per heavy atom. The highest BCUT2D eigenvalue weighted by Crippen LogP contribution is 2.37. The molecule has 28 heavy (non-hydrogen) atoms. The van der Waals surface area contributed by atoms with Crippen LogP contribution in [0.5, 0.6) is 5.75 Å². The van der Waals surface area contributed by atoms with Crippen LogP contribution in [0.2, 0.25) is 5.02 Å². The van der Waals surface area contributed by atoms with E-state index in [9.17, 15) is 14.0 Å². The molecule has 0 amide bonds. The molecule has 0 aliphatic heterocycles. The summed E-state index contributed by atoms with van der Waals surface area (Å²) in [6, 6.07) is 9.15. The van der Waals surface area contributed by atoms with Crippen molar-refractivity contribution in [2.75, 3.05) is 0 Å². The zero-order chi connectivity index (χ0) is 19.4. The van der Waals surface area contributed by atoms with Crippen LogP contribution in [0.15, 0.2) is 45.6 Å². The summed E-state index contributed by atoms with van der Waals surface area (Å²) >= 11 is 7.35. The molecule has 0 unspecified atom stereocenters. The van der Waals surface area contributed by atoms with Crippen LogP contribution in [0.25, 0.3) is 21.1 Å². The Balaban J connectivity index is 1.52. The molecule has 1 aliphatic rings. The number of carbonyl (C=O) groups is 1. The SMILES string of the molecule is O=C(Oc1ccc2c3c(c(=O)oc2c1)CCC3)c1sc2cc(F)ccc2c1Cl. The fourth-order valence-electron chi connectivity index (χ4n) is 3.65. The molecule has 4 nitrogen and oxygen atoms in total. The first-order valence-corrected chi connectivity index (χ1v) is 9.89. The second-order valence-corrected chi connectivity index (χ2v) is 8.06. The summed E-state index contributed by atoms with van der Waals surface area (Å²) in [5.41, 5.74) is 1.80. The van der Waals surface area contributed by atoms with Crippen molar-refractivity contribution in [3.8, 4) is 5.75 Å². The van der Waals surface area contributed by atoms with Crippen molar-refractivity contribution in [1.29, 1.82) is 0 Å². The second-order valence-electron chi connectivity index (χ2n) is 6.63. The topological polar surface area (TPSA) is 56.5 Å². The van der Waals surface area contributed by atoms with Gasteiger partial charge in [0.15, 0.2) is 0 Å². The quantitative estimate of drug-likeness (QED) is 0.246. The molecule has 140 valence electrons. The van der Waals surface area contributed by atoms with Crippen molar-refractivity contribution in [2.45, 2.75) is 19.3 Å². The van der Waals surface area contributed by atoms with E-state index in [-0.39, 0.29) is 21.3 Å². The van der Waals surface area contributed by atoms with E-state index >= 15 is 0 Å². The predicted molar refractivity (Wildman–Crippen MR) is 106 cm³/mol. The Morgan fingerprint density at radius 1 is 1.11 bits per heavy atom. The standard InChI is InChI=1S/C21H12ClFO4S/c22-18-15-6-4-10(23)8-17(15)28-19(18)21(25)26-11-5-7-13-12-2-1-3-14(12)20(24)27-16(13)9-11/h4-9H,1-3H2.